The number of nitrogens with zero attached hydrogens (tertiary/aromatic N) is 2. The molecule has 0 aromatic heterocycles. The fourth-order valence-corrected chi connectivity index (χ4v) is 5.53. The first-order valence-corrected chi connectivity index (χ1v) is 12.9. The van der Waals surface area contributed by atoms with Crippen molar-refractivity contribution in [2.45, 2.75) is 77.7 Å². The lowest BCUT2D eigenvalue weighted by molar-refractivity contribution is -0.0483. The van der Waals surface area contributed by atoms with Gasteiger partial charge in [-0.15, -0.1) is 0 Å². The van der Waals surface area contributed by atoms with Crippen LogP contribution in [0.2, 0.25) is 0 Å². The molecule has 2 heterocycles. The van der Waals surface area contributed by atoms with Gasteiger partial charge in [-0.2, -0.15) is 4.90 Å². The molecule has 3 atom stereocenters. The second-order valence-corrected chi connectivity index (χ2v) is 12.5. The number of imide groups is 1. The van der Waals surface area contributed by atoms with E-state index in [4.69, 9.17) is 19.2 Å². The Morgan fingerprint density at radius 3 is 2.32 bits per heavy atom. The number of amides is 2. The van der Waals surface area contributed by atoms with Crippen LogP contribution in [-0.4, -0.2) is 51.9 Å². The Morgan fingerprint density at radius 1 is 1.18 bits per heavy atom. The predicted molar refractivity (Wildman–Crippen MR) is 133 cm³/mol. The molecule has 0 radical (unpaired) electrons. The first-order chi connectivity index (χ1) is 15.6. The number of thioether (sulfide) groups is 1. The number of hydrogen-bond donors (Lipinski definition) is 0. The van der Waals surface area contributed by atoms with Gasteiger partial charge in [-0.05, 0) is 73.1 Å². The molecular formula is C24H32BrFN2O5S. The quantitative estimate of drug-likeness (QED) is 0.392. The minimum absolute atomic E-state index is 0.0153. The summed E-state index contributed by atoms with van der Waals surface area (Å²) >= 11 is 4.68. The second kappa shape index (κ2) is 9.78. The van der Waals surface area contributed by atoms with Crippen molar-refractivity contribution in [1.82, 2.24) is 4.90 Å². The van der Waals surface area contributed by atoms with Gasteiger partial charge < -0.3 is 14.2 Å². The van der Waals surface area contributed by atoms with Crippen molar-refractivity contribution in [1.29, 1.82) is 0 Å². The molecule has 2 amide bonds. The maximum absolute atomic E-state index is 15.2. The summed E-state index contributed by atoms with van der Waals surface area (Å²) in [5, 5.41) is 0.0947. The zero-order valence-corrected chi connectivity index (χ0v) is 23.0. The first kappa shape index (κ1) is 26.9. The number of rotatable bonds is 1. The van der Waals surface area contributed by atoms with Crippen molar-refractivity contribution < 1.29 is 28.2 Å². The van der Waals surface area contributed by atoms with Gasteiger partial charge >= 0.3 is 12.2 Å². The summed E-state index contributed by atoms with van der Waals surface area (Å²) in [6.07, 6.45) is -1.16. The Kier molecular flexibility index (Phi) is 7.75. The maximum atomic E-state index is 15.2. The zero-order chi connectivity index (χ0) is 25.5. The molecule has 0 unspecified atom stereocenters. The Balaban J connectivity index is 2.14. The van der Waals surface area contributed by atoms with E-state index in [-0.39, 0.29) is 23.8 Å². The highest BCUT2D eigenvalue weighted by atomic mass is 79.9. The molecular weight excluding hydrogens is 527 g/mol. The van der Waals surface area contributed by atoms with E-state index in [1.165, 1.54) is 17.8 Å². The van der Waals surface area contributed by atoms with Gasteiger partial charge in [-0.25, -0.2) is 19.0 Å². The highest BCUT2D eigenvalue weighted by molar-refractivity contribution is 9.10. The van der Waals surface area contributed by atoms with Crippen LogP contribution in [0.5, 0.6) is 0 Å². The Bertz CT molecular complexity index is 963. The molecule has 34 heavy (non-hydrogen) atoms. The molecule has 0 aliphatic carbocycles. The van der Waals surface area contributed by atoms with Crippen LogP contribution in [-0.2, 0) is 19.7 Å². The molecule has 2 aliphatic heterocycles. The smallest absolute Gasteiger partial charge is 0.426 e. The third-order valence-electron chi connectivity index (χ3n) is 5.33. The number of carbonyl (C=O) groups excluding carboxylic acids is 2. The summed E-state index contributed by atoms with van der Waals surface area (Å²) in [4.78, 5) is 32.0. The topological polar surface area (TPSA) is 77.4 Å². The van der Waals surface area contributed by atoms with Crippen molar-refractivity contribution in [2.75, 3.05) is 12.4 Å². The van der Waals surface area contributed by atoms with Crippen LogP contribution in [0.3, 0.4) is 0 Å². The molecule has 3 rings (SSSR count). The van der Waals surface area contributed by atoms with Gasteiger partial charge in [0, 0.05) is 21.7 Å². The fourth-order valence-electron chi connectivity index (χ4n) is 3.91. The molecule has 1 aromatic carbocycles. The van der Waals surface area contributed by atoms with E-state index in [9.17, 15) is 9.59 Å². The lowest BCUT2D eigenvalue weighted by Gasteiger charge is -2.46. The van der Waals surface area contributed by atoms with Crippen LogP contribution in [0.15, 0.2) is 27.7 Å². The highest BCUT2D eigenvalue weighted by Crippen LogP contribution is 2.48. The van der Waals surface area contributed by atoms with Gasteiger partial charge in [0.15, 0.2) is 5.17 Å². The zero-order valence-electron chi connectivity index (χ0n) is 20.6. The number of halogens is 2. The van der Waals surface area contributed by atoms with Crippen molar-refractivity contribution >= 4 is 45.0 Å². The van der Waals surface area contributed by atoms with Crippen LogP contribution >= 0.6 is 27.7 Å². The number of hydrogen-bond acceptors (Lipinski definition) is 7. The van der Waals surface area contributed by atoms with E-state index in [2.05, 4.69) is 15.9 Å². The minimum atomic E-state index is -1.11. The van der Waals surface area contributed by atoms with Crippen molar-refractivity contribution in [3.63, 3.8) is 0 Å². The molecule has 7 nitrogen and oxygen atoms in total. The molecule has 10 heteroatoms. The normalized spacial score (nSPS) is 25.1. The third kappa shape index (κ3) is 6.12. The number of aliphatic imine (C=N–C) groups is 1. The third-order valence-corrected chi connectivity index (χ3v) is 6.92. The van der Waals surface area contributed by atoms with E-state index in [1.54, 1.807) is 53.7 Å². The number of ether oxygens (including phenoxy) is 3. The summed E-state index contributed by atoms with van der Waals surface area (Å²) in [5.74, 6) is 0.0241. The van der Waals surface area contributed by atoms with Crippen LogP contribution in [0.1, 0.15) is 60.5 Å². The van der Waals surface area contributed by atoms with E-state index in [1.807, 2.05) is 6.92 Å². The summed E-state index contributed by atoms with van der Waals surface area (Å²) in [6.45, 7) is 12.3. The SMILES string of the molecule is C[C@H]1C[C@H]2CSC(N(C(=O)OC(C)(C)C)C(=O)OC(C)(C)C)=N[C@@]2(c2cc(Br)ccc2F)CO1. The van der Waals surface area contributed by atoms with E-state index >= 15 is 4.39 Å². The number of amidine groups is 1. The summed E-state index contributed by atoms with van der Waals surface area (Å²) in [6, 6.07) is 4.68. The minimum Gasteiger partial charge on any atom is -0.443 e. The monoisotopic (exact) mass is 558 g/mol. The van der Waals surface area contributed by atoms with Crippen LogP contribution < -0.4 is 0 Å². The number of carbonyl (C=O) groups is 2. The summed E-state index contributed by atoms with van der Waals surface area (Å²) in [7, 11) is 0. The molecule has 188 valence electrons. The van der Waals surface area contributed by atoms with Gasteiger partial charge in [-0.3, -0.25) is 0 Å². The average Bonchev–Trinajstić information content (AvgIpc) is 2.67. The fraction of sp³-hybridized carbons (Fsp3) is 0.625. The molecule has 1 aromatic rings. The molecule has 0 bridgehead atoms. The van der Waals surface area contributed by atoms with Crippen molar-refractivity contribution in [3.05, 3.63) is 34.1 Å². The number of fused-ring (bicyclic) bond motifs is 1. The average molecular weight is 559 g/mol. The van der Waals surface area contributed by atoms with Crippen LogP contribution in [0.4, 0.5) is 14.0 Å². The molecule has 0 saturated carbocycles. The van der Waals surface area contributed by atoms with E-state index in [0.29, 0.717) is 22.2 Å². The van der Waals surface area contributed by atoms with Crippen LogP contribution in [0.25, 0.3) is 0 Å². The largest absolute Gasteiger partial charge is 0.443 e. The summed E-state index contributed by atoms with van der Waals surface area (Å²) in [5.41, 5.74) is -2.46. The molecule has 0 N–H and O–H groups in total. The molecule has 1 saturated heterocycles. The van der Waals surface area contributed by atoms with Gasteiger partial charge in [0.05, 0.1) is 12.7 Å². The van der Waals surface area contributed by atoms with Gasteiger partial charge in [-0.1, -0.05) is 27.7 Å². The molecule has 1 fully saturated rings. The Hall–Kier alpha value is -1.65. The van der Waals surface area contributed by atoms with Crippen molar-refractivity contribution in [2.24, 2.45) is 10.9 Å². The van der Waals surface area contributed by atoms with E-state index < -0.39 is 34.7 Å². The standard InChI is InChI=1S/C24H32BrFN2O5S/c1-14-10-15-12-34-19(27-24(15,13-31-14)17-11-16(25)8-9-18(17)26)28(20(29)32-22(2,3)4)21(30)33-23(5,6)7/h8-9,11,14-15H,10,12-13H2,1-7H3/t14-,15-,24-/m0/s1. The van der Waals surface area contributed by atoms with Gasteiger partial charge in [0.1, 0.15) is 22.6 Å². The van der Waals surface area contributed by atoms with Gasteiger partial charge in [0.2, 0.25) is 0 Å². The lowest BCUT2D eigenvalue weighted by Crippen LogP contribution is -2.53. The molecule has 0 spiro atoms. The second-order valence-electron chi connectivity index (χ2n) is 10.6. The van der Waals surface area contributed by atoms with Crippen molar-refractivity contribution in [3.8, 4) is 0 Å². The van der Waals surface area contributed by atoms with Gasteiger partial charge in [0.25, 0.3) is 0 Å². The van der Waals surface area contributed by atoms with Crippen LogP contribution in [0, 0.1) is 11.7 Å². The first-order valence-electron chi connectivity index (χ1n) is 11.2. The Labute approximate surface area is 212 Å². The predicted octanol–water partition coefficient (Wildman–Crippen LogP) is 6.48. The Morgan fingerprint density at radius 2 is 1.76 bits per heavy atom. The molecule has 2 aliphatic rings. The maximum Gasteiger partial charge on any atom is 0.426 e. The van der Waals surface area contributed by atoms with E-state index in [0.717, 1.165) is 4.90 Å². The summed E-state index contributed by atoms with van der Waals surface area (Å²) < 4.78 is 32.8. The highest BCUT2D eigenvalue weighted by Gasteiger charge is 2.51. The number of benzene rings is 1. The lowest BCUT2D eigenvalue weighted by atomic mass is 9.75.